The number of fused-ring (bicyclic) bond motifs is 1. The van der Waals surface area contributed by atoms with Crippen LogP contribution in [0.25, 0.3) is 11.0 Å². The van der Waals surface area contributed by atoms with Crippen molar-refractivity contribution >= 4 is 27.0 Å². The Morgan fingerprint density at radius 3 is 2.60 bits per heavy atom. The van der Waals surface area contributed by atoms with Crippen molar-refractivity contribution in [2.45, 2.75) is 56.5 Å². The molecule has 1 aromatic carbocycles. The predicted octanol–water partition coefficient (Wildman–Crippen LogP) is 3.03. The Kier molecular flexibility index (Phi) is 5.11. The number of sulfonamides is 1. The minimum atomic E-state index is -3.81. The van der Waals surface area contributed by atoms with E-state index in [1.807, 2.05) is 24.6 Å². The minimum Gasteiger partial charge on any atom is -0.345 e. The molecule has 2 heterocycles. The number of benzene rings is 1. The second kappa shape index (κ2) is 7.48. The molecule has 1 aliphatic carbocycles. The van der Waals surface area contributed by atoms with Gasteiger partial charge < -0.3 is 5.32 Å². The van der Waals surface area contributed by atoms with Crippen LogP contribution in [0.1, 0.15) is 73.2 Å². The molecule has 2 aromatic heterocycles. The van der Waals surface area contributed by atoms with Crippen LogP contribution in [0, 0.1) is 0 Å². The van der Waals surface area contributed by atoms with Gasteiger partial charge in [-0.2, -0.15) is 5.10 Å². The highest BCUT2D eigenvalue weighted by Crippen LogP contribution is 2.40. The fourth-order valence-corrected chi connectivity index (χ4v) is 4.08. The van der Waals surface area contributed by atoms with Crippen molar-refractivity contribution < 1.29 is 13.2 Å². The van der Waals surface area contributed by atoms with Crippen molar-refractivity contribution in [3.63, 3.8) is 0 Å². The van der Waals surface area contributed by atoms with Crippen molar-refractivity contribution in [3.8, 4) is 0 Å². The Morgan fingerprint density at radius 1 is 1.23 bits per heavy atom. The van der Waals surface area contributed by atoms with Crippen molar-refractivity contribution in [2.75, 3.05) is 0 Å². The first kappa shape index (κ1) is 20.5. The average molecular weight is 428 g/mol. The summed E-state index contributed by atoms with van der Waals surface area (Å²) in [6, 6.07) is 7.85. The molecular formula is C21H25N5O3S. The molecule has 0 aliphatic heterocycles. The van der Waals surface area contributed by atoms with Gasteiger partial charge in [0, 0.05) is 17.7 Å². The maximum Gasteiger partial charge on any atom is 0.252 e. The number of primary sulfonamides is 1. The Labute approximate surface area is 175 Å². The van der Waals surface area contributed by atoms with Gasteiger partial charge in [0.1, 0.15) is 0 Å². The molecule has 1 saturated carbocycles. The third-order valence-corrected chi connectivity index (χ3v) is 6.26. The number of nitrogens with one attached hydrogen (secondary N) is 1. The van der Waals surface area contributed by atoms with Crippen LogP contribution in [0.15, 0.2) is 41.4 Å². The van der Waals surface area contributed by atoms with Gasteiger partial charge in [0.05, 0.1) is 28.1 Å². The molecular weight excluding hydrogens is 402 g/mol. The number of amides is 1. The molecule has 0 bridgehead atoms. The molecule has 0 radical (unpaired) electrons. The zero-order valence-electron chi connectivity index (χ0n) is 17.2. The van der Waals surface area contributed by atoms with E-state index < -0.39 is 16.1 Å². The molecule has 158 valence electrons. The number of carbonyl (C=O) groups excluding carboxylic acids is 1. The first-order valence-electron chi connectivity index (χ1n) is 9.97. The number of nitrogens with zero attached hydrogens (tertiary/aromatic N) is 3. The zero-order valence-corrected chi connectivity index (χ0v) is 18.0. The largest absolute Gasteiger partial charge is 0.345 e. The summed E-state index contributed by atoms with van der Waals surface area (Å²) in [7, 11) is -3.81. The third kappa shape index (κ3) is 3.95. The Bertz CT molecular complexity index is 1230. The highest BCUT2D eigenvalue weighted by Gasteiger charge is 2.28. The van der Waals surface area contributed by atoms with E-state index >= 15 is 0 Å². The lowest BCUT2D eigenvalue weighted by molar-refractivity contribution is 0.0941. The van der Waals surface area contributed by atoms with Gasteiger partial charge in [0.25, 0.3) is 5.91 Å². The molecule has 0 saturated heterocycles. The van der Waals surface area contributed by atoms with E-state index in [1.54, 1.807) is 25.3 Å². The number of nitrogens with two attached hydrogens (primary N) is 1. The number of aromatic nitrogens is 3. The summed E-state index contributed by atoms with van der Waals surface area (Å²) < 4.78 is 25.1. The van der Waals surface area contributed by atoms with Crippen molar-refractivity contribution in [1.29, 1.82) is 0 Å². The summed E-state index contributed by atoms with van der Waals surface area (Å²) in [6.07, 6.45) is 3.83. The highest BCUT2D eigenvalue weighted by atomic mass is 32.2. The van der Waals surface area contributed by atoms with E-state index in [2.05, 4.69) is 10.4 Å². The average Bonchev–Trinajstić information content (AvgIpc) is 3.45. The molecule has 30 heavy (non-hydrogen) atoms. The molecule has 0 spiro atoms. The van der Waals surface area contributed by atoms with Crippen molar-refractivity contribution in [1.82, 2.24) is 20.1 Å². The van der Waals surface area contributed by atoms with E-state index in [0.29, 0.717) is 28.1 Å². The molecule has 1 atom stereocenters. The van der Waals surface area contributed by atoms with Gasteiger partial charge in [0.15, 0.2) is 5.65 Å². The number of carbonyl (C=O) groups is 1. The maximum absolute atomic E-state index is 13.2. The van der Waals surface area contributed by atoms with E-state index in [9.17, 15) is 13.2 Å². The van der Waals surface area contributed by atoms with Crippen molar-refractivity contribution in [3.05, 3.63) is 53.3 Å². The zero-order chi connectivity index (χ0) is 21.6. The van der Waals surface area contributed by atoms with Crippen molar-refractivity contribution in [2.24, 2.45) is 5.14 Å². The topological polar surface area (TPSA) is 120 Å². The molecule has 3 N–H and O–H groups in total. The standard InChI is InChI=1S/C21H25N5O3S/c1-12(2)26-20-18(11-23-26)17(10-19(25-20)14-7-8-14)21(27)24-13(3)15-5-4-6-16(9-15)30(22,28)29/h4-6,9-14H,7-8H2,1-3H3,(H,24,27)(H2,22,28,29). The first-order valence-corrected chi connectivity index (χ1v) is 11.5. The number of hydrogen-bond donors (Lipinski definition) is 2. The van der Waals surface area contributed by atoms with E-state index in [-0.39, 0.29) is 16.8 Å². The second-order valence-electron chi connectivity index (χ2n) is 8.10. The van der Waals surface area contributed by atoms with Gasteiger partial charge >= 0.3 is 0 Å². The lowest BCUT2D eigenvalue weighted by Gasteiger charge is -2.16. The third-order valence-electron chi connectivity index (χ3n) is 5.35. The molecule has 4 rings (SSSR count). The van der Waals surface area contributed by atoms with Crippen LogP contribution < -0.4 is 10.5 Å². The quantitative estimate of drug-likeness (QED) is 0.626. The maximum atomic E-state index is 13.2. The van der Waals surface area contributed by atoms with E-state index in [0.717, 1.165) is 18.5 Å². The van der Waals surface area contributed by atoms with Gasteiger partial charge in [-0.25, -0.2) is 23.2 Å². The molecule has 3 aromatic rings. The number of pyridine rings is 1. The predicted molar refractivity (Wildman–Crippen MR) is 114 cm³/mol. The summed E-state index contributed by atoms with van der Waals surface area (Å²) in [6.45, 7) is 5.86. The highest BCUT2D eigenvalue weighted by molar-refractivity contribution is 7.89. The van der Waals surface area contributed by atoms with Gasteiger partial charge in [-0.05, 0) is 57.4 Å². The molecule has 1 fully saturated rings. The number of hydrogen-bond acceptors (Lipinski definition) is 5. The van der Waals surface area contributed by atoms with Gasteiger partial charge in [-0.15, -0.1) is 0 Å². The normalized spacial score (nSPS) is 15.5. The van der Waals surface area contributed by atoms with E-state index in [1.165, 1.54) is 12.1 Å². The monoisotopic (exact) mass is 427 g/mol. The van der Waals surface area contributed by atoms with E-state index in [4.69, 9.17) is 10.1 Å². The van der Waals surface area contributed by atoms with Gasteiger partial charge in [-0.3, -0.25) is 4.79 Å². The van der Waals surface area contributed by atoms with Crippen LogP contribution in [0.2, 0.25) is 0 Å². The van der Waals surface area contributed by atoms with Crippen LogP contribution in [-0.2, 0) is 10.0 Å². The lowest BCUT2D eigenvalue weighted by atomic mass is 10.1. The summed E-state index contributed by atoms with van der Waals surface area (Å²) in [5.74, 6) is 0.140. The number of rotatable bonds is 6. The first-order chi connectivity index (χ1) is 14.1. The summed E-state index contributed by atoms with van der Waals surface area (Å²) in [5.41, 5.74) is 2.81. The van der Waals surface area contributed by atoms with Gasteiger partial charge in [0.2, 0.25) is 10.0 Å². The van der Waals surface area contributed by atoms with Crippen LogP contribution in [0.4, 0.5) is 0 Å². The van der Waals surface area contributed by atoms with Gasteiger partial charge in [-0.1, -0.05) is 12.1 Å². The molecule has 8 nitrogen and oxygen atoms in total. The fraction of sp³-hybridized carbons (Fsp3) is 0.381. The molecule has 1 unspecified atom stereocenters. The molecule has 9 heteroatoms. The van der Waals surface area contributed by atoms with Crippen LogP contribution >= 0.6 is 0 Å². The lowest BCUT2D eigenvalue weighted by Crippen LogP contribution is -2.27. The van der Waals surface area contributed by atoms with Crippen LogP contribution in [0.5, 0.6) is 0 Å². The summed E-state index contributed by atoms with van der Waals surface area (Å²) >= 11 is 0. The smallest absolute Gasteiger partial charge is 0.252 e. The summed E-state index contributed by atoms with van der Waals surface area (Å²) in [4.78, 5) is 18.0. The van der Waals surface area contributed by atoms with Crippen LogP contribution in [0.3, 0.4) is 0 Å². The minimum absolute atomic E-state index is 0.0154. The SMILES string of the molecule is CC(NC(=O)c1cc(C2CC2)nc2c1cnn2C(C)C)c1cccc(S(N)(=O)=O)c1. The fourth-order valence-electron chi connectivity index (χ4n) is 3.51. The Hall–Kier alpha value is -2.78. The Balaban J connectivity index is 1.68. The molecule has 1 amide bonds. The Morgan fingerprint density at radius 2 is 1.97 bits per heavy atom. The van der Waals surface area contributed by atoms with Crippen LogP contribution in [-0.4, -0.2) is 29.1 Å². The summed E-state index contributed by atoms with van der Waals surface area (Å²) in [5, 5.41) is 13.3. The second-order valence-corrected chi connectivity index (χ2v) is 9.66. The molecule has 1 aliphatic rings.